The van der Waals surface area contributed by atoms with Crippen LogP contribution in [0.2, 0.25) is 0 Å². The van der Waals surface area contributed by atoms with E-state index in [2.05, 4.69) is 21.2 Å². The maximum absolute atomic E-state index is 13.9. The average Bonchev–Trinajstić information content (AvgIpc) is 2.72. The van der Waals surface area contributed by atoms with E-state index in [0.29, 0.717) is 27.1 Å². The van der Waals surface area contributed by atoms with Crippen LogP contribution in [0.15, 0.2) is 71.2 Å². The van der Waals surface area contributed by atoms with Crippen LogP contribution < -0.4 is 10.1 Å². The summed E-state index contributed by atoms with van der Waals surface area (Å²) in [4.78, 5) is 25.0. The smallest absolute Gasteiger partial charge is 0.318 e. The standard InChI is InChI=1S/C22H15BrFNO4/c23-13-9-10-17(16(24)11-13)25-20(26)12-28-22(27)21-14-5-1-3-7-18(14)29-19-8-4-2-6-15(19)21/h1-11,21H,12H2,(H,25,26). The number of carbonyl (C=O) groups excluding carboxylic acids is 2. The molecule has 4 rings (SSSR count). The molecule has 29 heavy (non-hydrogen) atoms. The average molecular weight is 456 g/mol. The zero-order valence-corrected chi connectivity index (χ0v) is 16.6. The van der Waals surface area contributed by atoms with Gasteiger partial charge < -0.3 is 14.8 Å². The summed E-state index contributed by atoms with van der Waals surface area (Å²) < 4.78 is 25.5. The monoisotopic (exact) mass is 455 g/mol. The number of anilines is 1. The first-order valence-electron chi connectivity index (χ1n) is 8.80. The van der Waals surface area contributed by atoms with Crippen LogP contribution in [0.3, 0.4) is 0 Å². The van der Waals surface area contributed by atoms with Gasteiger partial charge in [-0.15, -0.1) is 0 Å². The number of fused-ring (bicyclic) bond motifs is 2. The van der Waals surface area contributed by atoms with Crippen molar-refractivity contribution in [3.05, 3.63) is 88.1 Å². The van der Waals surface area contributed by atoms with Gasteiger partial charge in [0.15, 0.2) is 6.61 Å². The van der Waals surface area contributed by atoms with Gasteiger partial charge in [0.05, 0.1) is 5.69 Å². The van der Waals surface area contributed by atoms with Gasteiger partial charge in [-0.05, 0) is 30.3 Å². The molecule has 1 amide bonds. The predicted molar refractivity (Wildman–Crippen MR) is 108 cm³/mol. The molecule has 1 aliphatic rings. The Labute approximate surface area is 174 Å². The molecule has 0 spiro atoms. The molecule has 146 valence electrons. The third-order valence-electron chi connectivity index (χ3n) is 4.47. The molecule has 0 saturated heterocycles. The molecule has 3 aromatic carbocycles. The van der Waals surface area contributed by atoms with E-state index in [1.807, 2.05) is 12.1 Å². The highest BCUT2D eigenvalue weighted by Crippen LogP contribution is 2.44. The molecular weight excluding hydrogens is 441 g/mol. The summed E-state index contributed by atoms with van der Waals surface area (Å²) in [5.41, 5.74) is 1.34. The van der Waals surface area contributed by atoms with Gasteiger partial charge in [-0.25, -0.2) is 4.39 Å². The van der Waals surface area contributed by atoms with Crippen molar-refractivity contribution in [2.75, 3.05) is 11.9 Å². The number of amides is 1. The van der Waals surface area contributed by atoms with E-state index in [1.54, 1.807) is 42.5 Å². The van der Waals surface area contributed by atoms with Crippen LogP contribution >= 0.6 is 15.9 Å². The van der Waals surface area contributed by atoms with Crippen LogP contribution in [0, 0.1) is 5.82 Å². The molecule has 1 aliphatic heterocycles. The number of benzene rings is 3. The molecule has 0 saturated carbocycles. The van der Waals surface area contributed by atoms with Crippen molar-refractivity contribution < 1.29 is 23.5 Å². The van der Waals surface area contributed by atoms with Crippen molar-refractivity contribution in [3.63, 3.8) is 0 Å². The zero-order chi connectivity index (χ0) is 20.4. The van der Waals surface area contributed by atoms with Crippen molar-refractivity contribution in [3.8, 4) is 11.5 Å². The second-order valence-electron chi connectivity index (χ2n) is 6.39. The third-order valence-corrected chi connectivity index (χ3v) is 4.96. The number of nitrogens with one attached hydrogen (secondary N) is 1. The van der Waals surface area contributed by atoms with Gasteiger partial charge in [-0.1, -0.05) is 52.3 Å². The molecule has 0 aromatic heterocycles. The summed E-state index contributed by atoms with van der Waals surface area (Å²) in [5, 5.41) is 2.40. The van der Waals surface area contributed by atoms with E-state index in [1.165, 1.54) is 12.1 Å². The minimum Gasteiger partial charge on any atom is -0.457 e. The van der Waals surface area contributed by atoms with Gasteiger partial charge in [0.2, 0.25) is 0 Å². The molecule has 0 fully saturated rings. The molecule has 3 aromatic rings. The lowest BCUT2D eigenvalue weighted by Gasteiger charge is -2.26. The number of hydrogen-bond donors (Lipinski definition) is 1. The highest BCUT2D eigenvalue weighted by molar-refractivity contribution is 9.10. The Hall–Kier alpha value is -3.19. The molecular formula is C22H15BrFNO4. The molecule has 1 N–H and O–H groups in total. The number of esters is 1. The molecule has 0 unspecified atom stereocenters. The first-order chi connectivity index (χ1) is 14.0. The first kappa shape index (κ1) is 19.1. The van der Waals surface area contributed by atoms with Crippen molar-refractivity contribution >= 4 is 33.5 Å². The largest absolute Gasteiger partial charge is 0.457 e. The molecule has 0 radical (unpaired) electrons. The first-order valence-corrected chi connectivity index (χ1v) is 9.59. The van der Waals surface area contributed by atoms with Crippen LogP contribution in [0.4, 0.5) is 10.1 Å². The maximum Gasteiger partial charge on any atom is 0.318 e. The van der Waals surface area contributed by atoms with Crippen LogP contribution in [-0.4, -0.2) is 18.5 Å². The number of halogens is 2. The molecule has 5 nitrogen and oxygen atoms in total. The summed E-state index contributed by atoms with van der Waals surface area (Å²) in [5.74, 6) is -1.39. The Morgan fingerprint density at radius 3 is 2.24 bits per heavy atom. The fraction of sp³-hybridized carbons (Fsp3) is 0.0909. The van der Waals surface area contributed by atoms with Crippen LogP contribution in [0.25, 0.3) is 0 Å². The number of ether oxygens (including phenoxy) is 2. The normalized spacial score (nSPS) is 12.3. The van der Waals surface area contributed by atoms with E-state index in [-0.39, 0.29) is 5.69 Å². The van der Waals surface area contributed by atoms with E-state index in [0.717, 1.165) is 0 Å². The van der Waals surface area contributed by atoms with Gasteiger partial charge in [-0.3, -0.25) is 9.59 Å². The topological polar surface area (TPSA) is 64.6 Å². The van der Waals surface area contributed by atoms with E-state index in [4.69, 9.17) is 9.47 Å². The second-order valence-corrected chi connectivity index (χ2v) is 7.31. The number of para-hydroxylation sites is 2. The maximum atomic E-state index is 13.9. The minimum atomic E-state index is -0.714. The highest BCUT2D eigenvalue weighted by atomic mass is 79.9. The summed E-state index contributed by atoms with van der Waals surface area (Å²) in [7, 11) is 0. The SMILES string of the molecule is O=C(COC(=O)C1c2ccccc2Oc2ccccc21)Nc1ccc(Br)cc1F. The fourth-order valence-corrected chi connectivity index (χ4v) is 3.49. The predicted octanol–water partition coefficient (Wildman–Crippen LogP) is 5.01. The van der Waals surface area contributed by atoms with Gasteiger partial charge in [-0.2, -0.15) is 0 Å². The Morgan fingerprint density at radius 1 is 1.00 bits per heavy atom. The molecule has 7 heteroatoms. The quantitative estimate of drug-likeness (QED) is 0.561. The molecule has 0 atom stereocenters. The lowest BCUT2D eigenvalue weighted by molar-refractivity contribution is -0.148. The minimum absolute atomic E-state index is 0.0102. The van der Waals surface area contributed by atoms with Crippen molar-refractivity contribution in [2.45, 2.75) is 5.92 Å². The van der Waals surface area contributed by atoms with Crippen molar-refractivity contribution in [1.29, 1.82) is 0 Å². The van der Waals surface area contributed by atoms with Crippen LogP contribution in [-0.2, 0) is 14.3 Å². The van der Waals surface area contributed by atoms with Gasteiger partial charge in [0.25, 0.3) is 5.91 Å². The number of carbonyl (C=O) groups is 2. The van der Waals surface area contributed by atoms with E-state index < -0.39 is 30.2 Å². The second kappa shape index (κ2) is 8.05. The summed E-state index contributed by atoms with van der Waals surface area (Å²) in [6.07, 6.45) is 0. The Bertz CT molecular complexity index is 1060. The number of hydrogen-bond acceptors (Lipinski definition) is 4. The fourth-order valence-electron chi connectivity index (χ4n) is 3.16. The van der Waals surface area contributed by atoms with Gasteiger partial charge >= 0.3 is 5.97 Å². The van der Waals surface area contributed by atoms with Crippen molar-refractivity contribution in [2.24, 2.45) is 0 Å². The summed E-state index contributed by atoms with van der Waals surface area (Å²) in [6, 6.07) is 18.6. The van der Waals surface area contributed by atoms with Gasteiger partial charge in [0.1, 0.15) is 23.2 Å². The van der Waals surface area contributed by atoms with Crippen LogP contribution in [0.5, 0.6) is 11.5 Å². The Kier molecular flexibility index (Phi) is 5.31. The Morgan fingerprint density at radius 2 is 1.62 bits per heavy atom. The van der Waals surface area contributed by atoms with E-state index in [9.17, 15) is 14.0 Å². The lowest BCUT2D eigenvalue weighted by atomic mass is 9.88. The van der Waals surface area contributed by atoms with Gasteiger partial charge in [0, 0.05) is 15.6 Å². The zero-order valence-electron chi connectivity index (χ0n) is 15.0. The summed E-state index contributed by atoms with van der Waals surface area (Å²) in [6.45, 7) is -0.532. The lowest BCUT2D eigenvalue weighted by Crippen LogP contribution is -2.26. The summed E-state index contributed by atoms with van der Waals surface area (Å²) >= 11 is 3.15. The Balaban J connectivity index is 1.49. The number of rotatable bonds is 4. The highest BCUT2D eigenvalue weighted by Gasteiger charge is 2.33. The molecule has 0 bridgehead atoms. The van der Waals surface area contributed by atoms with E-state index >= 15 is 0 Å². The third kappa shape index (κ3) is 4.00. The molecule has 0 aliphatic carbocycles. The van der Waals surface area contributed by atoms with Crippen LogP contribution in [0.1, 0.15) is 17.0 Å². The molecule has 1 heterocycles. The van der Waals surface area contributed by atoms with Crippen molar-refractivity contribution in [1.82, 2.24) is 0 Å².